The van der Waals surface area contributed by atoms with Crippen LogP contribution in [0.25, 0.3) is 0 Å². The molecular formula is C18H19NO5. The minimum Gasteiger partial charge on any atom is -0.497 e. The lowest BCUT2D eigenvalue weighted by Crippen LogP contribution is -2.23. The first kappa shape index (κ1) is 17.3. The molecule has 2 rings (SSSR count). The Morgan fingerprint density at radius 3 is 2.46 bits per heavy atom. The zero-order valence-corrected chi connectivity index (χ0v) is 13.8. The van der Waals surface area contributed by atoms with Crippen LogP contribution in [0.2, 0.25) is 0 Å². The molecule has 0 heterocycles. The van der Waals surface area contributed by atoms with Gasteiger partial charge in [-0.05, 0) is 35.9 Å². The Morgan fingerprint density at radius 2 is 1.79 bits per heavy atom. The van der Waals surface area contributed by atoms with Gasteiger partial charge < -0.3 is 19.5 Å². The first-order valence-corrected chi connectivity index (χ1v) is 7.26. The summed E-state index contributed by atoms with van der Waals surface area (Å²) < 4.78 is 15.0. The van der Waals surface area contributed by atoms with Crippen molar-refractivity contribution < 1.29 is 23.8 Å². The third-order valence-electron chi connectivity index (χ3n) is 3.45. The van der Waals surface area contributed by atoms with Crippen molar-refractivity contribution in [3.8, 4) is 11.5 Å². The van der Waals surface area contributed by atoms with Crippen LogP contribution in [0.15, 0.2) is 42.5 Å². The van der Waals surface area contributed by atoms with E-state index in [9.17, 15) is 9.59 Å². The van der Waals surface area contributed by atoms with E-state index in [1.807, 2.05) is 0 Å². The summed E-state index contributed by atoms with van der Waals surface area (Å²) in [7, 11) is 4.33. The van der Waals surface area contributed by atoms with Gasteiger partial charge >= 0.3 is 5.97 Å². The normalized spacial score (nSPS) is 9.96. The predicted molar refractivity (Wildman–Crippen MR) is 88.5 cm³/mol. The van der Waals surface area contributed by atoms with Gasteiger partial charge in [-0.1, -0.05) is 12.1 Å². The van der Waals surface area contributed by atoms with E-state index in [0.717, 1.165) is 5.56 Å². The molecule has 0 aliphatic rings. The average Bonchev–Trinajstić information content (AvgIpc) is 2.65. The SMILES string of the molecule is COC(=O)c1cc(CNC(=O)c2cccc(OC)c2)ccc1OC. The number of methoxy groups -OCH3 is 3. The van der Waals surface area contributed by atoms with Crippen molar-refractivity contribution >= 4 is 11.9 Å². The maximum absolute atomic E-state index is 12.2. The zero-order valence-electron chi connectivity index (χ0n) is 13.8. The molecule has 0 radical (unpaired) electrons. The van der Waals surface area contributed by atoms with Crippen LogP contribution in [0.4, 0.5) is 0 Å². The van der Waals surface area contributed by atoms with E-state index in [0.29, 0.717) is 22.6 Å². The minimum atomic E-state index is -0.493. The van der Waals surface area contributed by atoms with Crippen LogP contribution in [-0.2, 0) is 11.3 Å². The summed E-state index contributed by atoms with van der Waals surface area (Å²) in [5.74, 6) is 0.307. The summed E-state index contributed by atoms with van der Waals surface area (Å²) in [5.41, 5.74) is 1.57. The highest BCUT2D eigenvalue weighted by Crippen LogP contribution is 2.21. The molecule has 6 nitrogen and oxygen atoms in total. The maximum atomic E-state index is 12.2. The Hall–Kier alpha value is -3.02. The number of nitrogens with one attached hydrogen (secondary N) is 1. The fraction of sp³-hybridized carbons (Fsp3) is 0.222. The van der Waals surface area contributed by atoms with Gasteiger partial charge in [-0.15, -0.1) is 0 Å². The van der Waals surface area contributed by atoms with E-state index < -0.39 is 5.97 Å². The van der Waals surface area contributed by atoms with Gasteiger partial charge in [0.1, 0.15) is 17.1 Å². The number of esters is 1. The highest BCUT2D eigenvalue weighted by Gasteiger charge is 2.14. The first-order valence-electron chi connectivity index (χ1n) is 7.26. The Labute approximate surface area is 140 Å². The fourth-order valence-corrected chi connectivity index (χ4v) is 2.18. The lowest BCUT2D eigenvalue weighted by atomic mass is 10.1. The molecular weight excluding hydrogens is 310 g/mol. The van der Waals surface area contributed by atoms with E-state index in [1.165, 1.54) is 14.2 Å². The smallest absolute Gasteiger partial charge is 0.341 e. The van der Waals surface area contributed by atoms with Gasteiger partial charge in [0.2, 0.25) is 0 Å². The van der Waals surface area contributed by atoms with Crippen LogP contribution in [0.1, 0.15) is 26.3 Å². The van der Waals surface area contributed by atoms with Crippen molar-refractivity contribution in [1.29, 1.82) is 0 Å². The van der Waals surface area contributed by atoms with Crippen molar-refractivity contribution in [3.05, 3.63) is 59.2 Å². The monoisotopic (exact) mass is 329 g/mol. The van der Waals surface area contributed by atoms with Crippen molar-refractivity contribution in [3.63, 3.8) is 0 Å². The number of ether oxygens (including phenoxy) is 3. The number of amides is 1. The first-order chi connectivity index (χ1) is 11.6. The Balaban J connectivity index is 2.11. The van der Waals surface area contributed by atoms with Gasteiger partial charge in [0.05, 0.1) is 21.3 Å². The summed E-state index contributed by atoms with van der Waals surface area (Å²) in [5, 5.41) is 2.80. The highest BCUT2D eigenvalue weighted by atomic mass is 16.5. The lowest BCUT2D eigenvalue weighted by molar-refractivity contribution is 0.0597. The van der Waals surface area contributed by atoms with Gasteiger partial charge in [0.15, 0.2) is 0 Å². The van der Waals surface area contributed by atoms with Gasteiger partial charge in [0, 0.05) is 12.1 Å². The second-order valence-corrected chi connectivity index (χ2v) is 4.94. The molecule has 0 saturated heterocycles. The van der Waals surface area contributed by atoms with E-state index in [2.05, 4.69) is 5.32 Å². The minimum absolute atomic E-state index is 0.232. The molecule has 1 amide bonds. The van der Waals surface area contributed by atoms with Crippen molar-refractivity contribution in [2.45, 2.75) is 6.54 Å². The van der Waals surface area contributed by atoms with Crippen molar-refractivity contribution in [1.82, 2.24) is 5.32 Å². The van der Waals surface area contributed by atoms with Crippen LogP contribution in [0.5, 0.6) is 11.5 Å². The molecule has 1 N–H and O–H groups in total. The molecule has 0 aliphatic carbocycles. The van der Waals surface area contributed by atoms with Crippen molar-refractivity contribution in [2.24, 2.45) is 0 Å². The largest absolute Gasteiger partial charge is 0.497 e. The molecule has 126 valence electrons. The third-order valence-corrected chi connectivity index (χ3v) is 3.45. The predicted octanol–water partition coefficient (Wildman–Crippen LogP) is 2.42. The second kappa shape index (κ2) is 8.01. The Bertz CT molecular complexity index is 742. The standard InChI is InChI=1S/C18H19NO5/c1-22-14-6-4-5-13(10-14)17(20)19-11-12-7-8-16(23-2)15(9-12)18(21)24-3/h4-10H,11H2,1-3H3,(H,19,20). The molecule has 0 aliphatic heterocycles. The van der Waals surface area contributed by atoms with E-state index in [1.54, 1.807) is 49.6 Å². The number of hydrogen-bond donors (Lipinski definition) is 1. The summed E-state index contributed by atoms with van der Waals surface area (Å²) in [6.07, 6.45) is 0. The number of rotatable bonds is 6. The molecule has 0 fully saturated rings. The Morgan fingerprint density at radius 1 is 1.00 bits per heavy atom. The van der Waals surface area contributed by atoms with Crippen LogP contribution in [-0.4, -0.2) is 33.2 Å². The zero-order chi connectivity index (χ0) is 17.5. The molecule has 0 bridgehead atoms. The van der Waals surface area contributed by atoms with E-state index >= 15 is 0 Å². The third kappa shape index (κ3) is 4.04. The summed E-state index contributed by atoms with van der Waals surface area (Å²) in [4.78, 5) is 24.0. The Kier molecular flexibility index (Phi) is 5.78. The van der Waals surface area contributed by atoms with Crippen LogP contribution in [0.3, 0.4) is 0 Å². The molecule has 2 aromatic rings. The van der Waals surface area contributed by atoms with Gasteiger partial charge in [-0.3, -0.25) is 4.79 Å². The summed E-state index contributed by atoms with van der Waals surface area (Å²) in [6, 6.07) is 11.9. The number of carbonyl (C=O) groups excluding carboxylic acids is 2. The van der Waals surface area contributed by atoms with Gasteiger partial charge in [-0.25, -0.2) is 4.79 Å². The average molecular weight is 329 g/mol. The molecule has 6 heteroatoms. The summed E-state index contributed by atoms with van der Waals surface area (Å²) in [6.45, 7) is 0.268. The second-order valence-electron chi connectivity index (χ2n) is 4.94. The highest BCUT2D eigenvalue weighted by molar-refractivity contribution is 5.95. The van der Waals surface area contributed by atoms with Crippen LogP contribution >= 0.6 is 0 Å². The molecule has 0 spiro atoms. The maximum Gasteiger partial charge on any atom is 0.341 e. The topological polar surface area (TPSA) is 73.9 Å². The number of benzene rings is 2. The van der Waals surface area contributed by atoms with E-state index in [-0.39, 0.29) is 12.5 Å². The molecule has 0 atom stereocenters. The van der Waals surface area contributed by atoms with Crippen molar-refractivity contribution in [2.75, 3.05) is 21.3 Å². The van der Waals surface area contributed by atoms with Gasteiger partial charge in [-0.2, -0.15) is 0 Å². The van der Waals surface area contributed by atoms with Crippen LogP contribution < -0.4 is 14.8 Å². The molecule has 24 heavy (non-hydrogen) atoms. The quantitative estimate of drug-likeness (QED) is 0.824. The summed E-state index contributed by atoms with van der Waals surface area (Å²) >= 11 is 0. The molecule has 0 aromatic heterocycles. The molecule has 0 unspecified atom stereocenters. The lowest BCUT2D eigenvalue weighted by Gasteiger charge is -2.10. The van der Waals surface area contributed by atoms with E-state index in [4.69, 9.17) is 14.2 Å². The van der Waals surface area contributed by atoms with Gasteiger partial charge in [0.25, 0.3) is 5.91 Å². The molecule has 0 saturated carbocycles. The number of hydrogen-bond acceptors (Lipinski definition) is 5. The number of carbonyl (C=O) groups is 2. The van der Waals surface area contributed by atoms with Crippen LogP contribution in [0, 0.1) is 0 Å². The fourth-order valence-electron chi connectivity index (χ4n) is 2.18. The molecule has 2 aromatic carbocycles.